The number of hydrogen-bond donors (Lipinski definition) is 1. The summed E-state index contributed by atoms with van der Waals surface area (Å²) in [5.41, 5.74) is 0.208. The quantitative estimate of drug-likeness (QED) is 0.850. The number of rotatable bonds is 3. The molecule has 0 saturated carbocycles. The molecule has 0 aromatic heterocycles. The minimum Gasteiger partial charge on any atom is -0.346 e. The van der Waals surface area contributed by atoms with E-state index in [1.165, 1.54) is 0 Å². The molecule has 88 valence electrons. The summed E-state index contributed by atoms with van der Waals surface area (Å²) in [4.78, 5) is 11.9. The highest BCUT2D eigenvalue weighted by atomic mass is 79.9. The van der Waals surface area contributed by atoms with Crippen molar-refractivity contribution in [2.75, 3.05) is 0 Å². The van der Waals surface area contributed by atoms with Gasteiger partial charge in [-0.3, -0.25) is 4.79 Å². The third-order valence-electron chi connectivity index (χ3n) is 2.54. The van der Waals surface area contributed by atoms with E-state index in [1.54, 1.807) is 12.1 Å². The number of hydrogen-bond acceptors (Lipinski definition) is 1. The highest BCUT2D eigenvalue weighted by Gasteiger charge is 2.26. The van der Waals surface area contributed by atoms with Gasteiger partial charge in [-0.1, -0.05) is 15.9 Å². The number of benzene rings is 1. The first kappa shape index (κ1) is 13.5. The molecule has 1 atom stereocenters. The lowest BCUT2D eigenvalue weighted by Gasteiger charge is -2.28. The van der Waals surface area contributed by atoms with Gasteiger partial charge in [-0.05, 0) is 45.0 Å². The van der Waals surface area contributed by atoms with E-state index >= 15 is 0 Å². The monoisotopic (exact) mass is 303 g/mol. The zero-order chi connectivity index (χ0) is 12.3. The zero-order valence-corrected chi connectivity index (χ0v) is 11.9. The van der Waals surface area contributed by atoms with E-state index in [0.717, 1.165) is 4.47 Å². The van der Waals surface area contributed by atoms with E-state index in [2.05, 4.69) is 21.2 Å². The Hall–Kier alpha value is -0.540. The van der Waals surface area contributed by atoms with Crippen molar-refractivity contribution in [1.82, 2.24) is 5.32 Å². The minimum absolute atomic E-state index is 0.106. The second kappa shape index (κ2) is 5.19. The van der Waals surface area contributed by atoms with Crippen molar-refractivity contribution in [3.63, 3.8) is 0 Å². The number of alkyl halides is 1. The van der Waals surface area contributed by atoms with E-state index in [-0.39, 0.29) is 11.3 Å². The van der Waals surface area contributed by atoms with Gasteiger partial charge in [-0.15, -0.1) is 11.6 Å². The molecule has 1 aromatic carbocycles. The minimum atomic E-state index is -0.425. The van der Waals surface area contributed by atoms with Crippen LogP contribution >= 0.6 is 27.5 Å². The Morgan fingerprint density at radius 2 is 1.88 bits per heavy atom. The summed E-state index contributed by atoms with van der Waals surface area (Å²) >= 11 is 9.33. The van der Waals surface area contributed by atoms with Crippen molar-refractivity contribution in [3.8, 4) is 0 Å². The van der Waals surface area contributed by atoms with Crippen LogP contribution in [0.1, 0.15) is 31.1 Å². The Bertz CT molecular complexity index is 373. The molecular formula is C12H15BrClNO. The van der Waals surface area contributed by atoms with Crippen molar-refractivity contribution in [3.05, 3.63) is 34.3 Å². The molecule has 16 heavy (non-hydrogen) atoms. The van der Waals surface area contributed by atoms with Crippen LogP contribution in [0, 0.1) is 0 Å². The van der Waals surface area contributed by atoms with E-state index in [9.17, 15) is 4.79 Å². The summed E-state index contributed by atoms with van der Waals surface area (Å²) in [5, 5.41) is 2.77. The lowest BCUT2D eigenvalue weighted by molar-refractivity contribution is 0.0912. The fraction of sp³-hybridized carbons (Fsp3) is 0.417. The van der Waals surface area contributed by atoms with Gasteiger partial charge in [0.25, 0.3) is 5.91 Å². The van der Waals surface area contributed by atoms with Gasteiger partial charge in [0.2, 0.25) is 0 Å². The molecule has 0 radical (unpaired) electrons. The van der Waals surface area contributed by atoms with Crippen molar-refractivity contribution in [2.45, 2.75) is 31.7 Å². The van der Waals surface area contributed by atoms with Gasteiger partial charge in [0.05, 0.1) is 10.9 Å². The van der Waals surface area contributed by atoms with Gasteiger partial charge in [0.1, 0.15) is 0 Å². The Morgan fingerprint density at radius 1 is 1.38 bits per heavy atom. The number of amides is 1. The second-order valence-corrected chi connectivity index (χ2v) is 5.87. The molecule has 1 unspecified atom stereocenters. The van der Waals surface area contributed by atoms with Crippen molar-refractivity contribution >= 4 is 33.4 Å². The highest BCUT2D eigenvalue weighted by Crippen LogP contribution is 2.16. The lowest BCUT2D eigenvalue weighted by atomic mass is 10.0. The fourth-order valence-corrected chi connectivity index (χ4v) is 1.38. The average molecular weight is 305 g/mol. The molecule has 1 N–H and O–H groups in total. The first-order chi connectivity index (χ1) is 7.33. The Labute approximate surface area is 110 Å². The molecule has 0 spiro atoms. The molecule has 0 heterocycles. The SMILES string of the molecule is CC(Cl)C(C)(C)NC(=O)c1ccc(Br)cc1. The molecular weight excluding hydrogens is 289 g/mol. The molecule has 0 bridgehead atoms. The maximum Gasteiger partial charge on any atom is 0.251 e. The Morgan fingerprint density at radius 3 is 2.31 bits per heavy atom. The van der Waals surface area contributed by atoms with Crippen LogP contribution in [-0.4, -0.2) is 16.8 Å². The van der Waals surface area contributed by atoms with Crippen LogP contribution in [0.15, 0.2) is 28.7 Å². The summed E-state index contributed by atoms with van der Waals surface area (Å²) in [5.74, 6) is -0.106. The third kappa shape index (κ3) is 3.49. The molecule has 1 aromatic rings. The lowest BCUT2D eigenvalue weighted by Crippen LogP contribution is -2.49. The van der Waals surface area contributed by atoms with Crippen LogP contribution in [0.2, 0.25) is 0 Å². The second-order valence-electron chi connectivity index (χ2n) is 4.30. The molecule has 0 aliphatic carbocycles. The Kier molecular flexibility index (Phi) is 4.39. The molecule has 4 heteroatoms. The molecule has 0 fully saturated rings. The molecule has 0 aliphatic heterocycles. The number of carbonyl (C=O) groups excluding carboxylic acids is 1. The average Bonchev–Trinajstić information content (AvgIpc) is 2.17. The maximum atomic E-state index is 11.9. The van der Waals surface area contributed by atoms with E-state index < -0.39 is 5.54 Å². The summed E-state index contributed by atoms with van der Waals surface area (Å²) < 4.78 is 0.953. The normalized spacial score (nSPS) is 13.3. The van der Waals surface area contributed by atoms with Crippen LogP contribution in [0.5, 0.6) is 0 Å². The van der Waals surface area contributed by atoms with Gasteiger partial charge in [-0.25, -0.2) is 0 Å². The van der Waals surface area contributed by atoms with Gasteiger partial charge in [0, 0.05) is 10.0 Å². The van der Waals surface area contributed by atoms with Crippen molar-refractivity contribution < 1.29 is 4.79 Å². The molecule has 1 rings (SSSR count). The fourth-order valence-electron chi connectivity index (χ4n) is 1.07. The maximum absolute atomic E-state index is 11.9. The largest absolute Gasteiger partial charge is 0.346 e. The van der Waals surface area contributed by atoms with Crippen LogP contribution in [-0.2, 0) is 0 Å². The van der Waals surface area contributed by atoms with E-state index in [0.29, 0.717) is 5.56 Å². The highest BCUT2D eigenvalue weighted by molar-refractivity contribution is 9.10. The van der Waals surface area contributed by atoms with Gasteiger partial charge >= 0.3 is 0 Å². The van der Waals surface area contributed by atoms with Crippen LogP contribution in [0.25, 0.3) is 0 Å². The van der Waals surface area contributed by atoms with Crippen LogP contribution < -0.4 is 5.32 Å². The first-order valence-corrected chi connectivity index (χ1v) is 6.28. The molecule has 2 nitrogen and oxygen atoms in total. The number of nitrogens with one attached hydrogen (secondary N) is 1. The van der Waals surface area contributed by atoms with E-state index in [4.69, 9.17) is 11.6 Å². The molecule has 0 saturated heterocycles. The smallest absolute Gasteiger partial charge is 0.251 e. The summed E-state index contributed by atoms with van der Waals surface area (Å²) in [6.07, 6.45) is 0. The Balaban J connectivity index is 2.77. The molecule has 0 aliphatic rings. The van der Waals surface area contributed by atoms with Gasteiger partial charge in [-0.2, -0.15) is 0 Å². The van der Waals surface area contributed by atoms with Crippen molar-refractivity contribution in [1.29, 1.82) is 0 Å². The van der Waals surface area contributed by atoms with Gasteiger partial charge < -0.3 is 5.32 Å². The van der Waals surface area contributed by atoms with Crippen LogP contribution in [0.4, 0.5) is 0 Å². The van der Waals surface area contributed by atoms with E-state index in [1.807, 2.05) is 32.9 Å². The van der Waals surface area contributed by atoms with Gasteiger partial charge in [0.15, 0.2) is 0 Å². The first-order valence-electron chi connectivity index (χ1n) is 5.05. The molecule has 1 amide bonds. The number of halogens is 2. The topological polar surface area (TPSA) is 29.1 Å². The standard InChI is InChI=1S/C12H15BrClNO/c1-8(14)12(2,3)15-11(16)9-4-6-10(13)7-5-9/h4-8H,1-3H3,(H,15,16). The van der Waals surface area contributed by atoms with Crippen LogP contribution in [0.3, 0.4) is 0 Å². The number of carbonyl (C=O) groups is 1. The summed E-state index contributed by atoms with van der Waals surface area (Å²) in [6, 6.07) is 7.22. The summed E-state index contributed by atoms with van der Waals surface area (Å²) in [7, 11) is 0. The zero-order valence-electron chi connectivity index (χ0n) is 9.55. The van der Waals surface area contributed by atoms with Crippen molar-refractivity contribution in [2.24, 2.45) is 0 Å². The third-order valence-corrected chi connectivity index (χ3v) is 3.61. The predicted molar refractivity (Wildman–Crippen MR) is 71.0 cm³/mol. The summed E-state index contributed by atoms with van der Waals surface area (Å²) in [6.45, 7) is 5.67. The predicted octanol–water partition coefficient (Wildman–Crippen LogP) is 3.58.